The first-order valence-corrected chi connectivity index (χ1v) is 6.95. The maximum atomic E-state index is 14.0. The molecule has 0 saturated carbocycles. The molecule has 0 amide bonds. The summed E-state index contributed by atoms with van der Waals surface area (Å²) in [5.74, 6) is -0.208. The van der Waals surface area contributed by atoms with Crippen LogP contribution in [-0.4, -0.2) is 13.1 Å². The van der Waals surface area contributed by atoms with Crippen LogP contribution < -0.4 is 10.6 Å². The molecule has 1 atom stereocenters. The van der Waals surface area contributed by atoms with Gasteiger partial charge in [-0.25, -0.2) is 4.39 Å². The molecule has 20 heavy (non-hydrogen) atoms. The third kappa shape index (κ3) is 2.99. The van der Waals surface area contributed by atoms with Crippen LogP contribution in [0.4, 0.5) is 10.1 Å². The Morgan fingerprint density at radius 3 is 2.30 bits per heavy atom. The van der Waals surface area contributed by atoms with E-state index in [1.165, 1.54) is 11.6 Å². The molecule has 2 aromatic carbocycles. The normalized spacial score (nSPS) is 12.2. The highest BCUT2D eigenvalue weighted by Gasteiger charge is 2.20. The zero-order valence-corrected chi connectivity index (χ0v) is 12.0. The second-order valence-electron chi connectivity index (χ2n) is 4.90. The average Bonchev–Trinajstić information content (AvgIpc) is 2.47. The minimum absolute atomic E-state index is 0.0162. The highest BCUT2D eigenvalue weighted by Crippen LogP contribution is 2.28. The molecule has 0 fully saturated rings. The van der Waals surface area contributed by atoms with Crippen LogP contribution >= 0.6 is 0 Å². The summed E-state index contributed by atoms with van der Waals surface area (Å²) in [6.07, 6.45) is 0. The van der Waals surface area contributed by atoms with E-state index in [9.17, 15) is 4.39 Å². The van der Waals surface area contributed by atoms with Gasteiger partial charge in [-0.3, -0.25) is 0 Å². The number of hydrogen-bond acceptors (Lipinski definition) is 2. The van der Waals surface area contributed by atoms with E-state index in [4.69, 9.17) is 5.73 Å². The molecule has 106 valence electrons. The fourth-order valence-corrected chi connectivity index (χ4v) is 2.48. The van der Waals surface area contributed by atoms with Crippen molar-refractivity contribution in [2.45, 2.75) is 19.9 Å². The largest absolute Gasteiger partial charge is 0.361 e. The quantitative estimate of drug-likeness (QED) is 0.900. The van der Waals surface area contributed by atoms with E-state index in [1.807, 2.05) is 17.9 Å². The minimum Gasteiger partial charge on any atom is -0.361 e. The molecular weight excluding hydrogens is 251 g/mol. The van der Waals surface area contributed by atoms with Gasteiger partial charge in [0.1, 0.15) is 5.82 Å². The van der Waals surface area contributed by atoms with Crippen LogP contribution in [0.5, 0.6) is 0 Å². The number of rotatable bonds is 5. The molecule has 0 radical (unpaired) electrons. The summed E-state index contributed by atoms with van der Waals surface area (Å²) in [5.41, 5.74) is 8.87. The highest BCUT2D eigenvalue weighted by molar-refractivity contribution is 5.50. The molecule has 0 spiro atoms. The lowest BCUT2D eigenvalue weighted by Crippen LogP contribution is -2.34. The van der Waals surface area contributed by atoms with Crippen LogP contribution in [0.3, 0.4) is 0 Å². The van der Waals surface area contributed by atoms with Crippen LogP contribution in [0.15, 0.2) is 48.5 Å². The lowest BCUT2D eigenvalue weighted by atomic mass is 10.0. The summed E-state index contributed by atoms with van der Waals surface area (Å²) >= 11 is 0. The van der Waals surface area contributed by atoms with Crippen molar-refractivity contribution in [2.24, 2.45) is 5.73 Å². The SMILES string of the molecule is CCN(c1ccccc1F)C(CN)c1ccc(C)cc1. The van der Waals surface area contributed by atoms with Gasteiger partial charge in [0, 0.05) is 13.1 Å². The van der Waals surface area contributed by atoms with Gasteiger partial charge < -0.3 is 10.6 Å². The number of benzene rings is 2. The van der Waals surface area contributed by atoms with Crippen LogP contribution in [0.1, 0.15) is 24.1 Å². The molecule has 0 aromatic heterocycles. The molecule has 2 rings (SSSR count). The number of nitrogens with two attached hydrogens (primary N) is 1. The van der Waals surface area contributed by atoms with Gasteiger partial charge >= 0.3 is 0 Å². The molecule has 0 aliphatic carbocycles. The van der Waals surface area contributed by atoms with Crippen LogP contribution in [0.25, 0.3) is 0 Å². The molecule has 0 heterocycles. The van der Waals surface area contributed by atoms with Crippen LogP contribution in [0, 0.1) is 12.7 Å². The first-order chi connectivity index (χ1) is 9.67. The van der Waals surface area contributed by atoms with E-state index in [-0.39, 0.29) is 11.9 Å². The molecule has 2 N–H and O–H groups in total. The van der Waals surface area contributed by atoms with Crippen molar-refractivity contribution < 1.29 is 4.39 Å². The lowest BCUT2D eigenvalue weighted by Gasteiger charge is -2.32. The molecule has 3 heteroatoms. The Morgan fingerprint density at radius 1 is 1.10 bits per heavy atom. The van der Waals surface area contributed by atoms with Gasteiger partial charge in [0.15, 0.2) is 0 Å². The van der Waals surface area contributed by atoms with E-state index in [0.717, 1.165) is 5.56 Å². The topological polar surface area (TPSA) is 29.3 Å². The summed E-state index contributed by atoms with van der Waals surface area (Å²) in [7, 11) is 0. The van der Waals surface area contributed by atoms with Crippen molar-refractivity contribution in [3.8, 4) is 0 Å². The fourth-order valence-electron chi connectivity index (χ4n) is 2.48. The van der Waals surface area contributed by atoms with Gasteiger partial charge in [-0.15, -0.1) is 0 Å². The Labute approximate surface area is 120 Å². The zero-order chi connectivity index (χ0) is 14.5. The number of likely N-dealkylation sites (N-methyl/N-ethyl adjacent to an activating group) is 1. The van der Waals surface area contributed by atoms with E-state index < -0.39 is 0 Å². The Bertz CT molecular complexity index is 551. The molecule has 2 aromatic rings. The van der Waals surface area contributed by atoms with E-state index in [1.54, 1.807) is 12.1 Å². The third-order valence-electron chi connectivity index (χ3n) is 3.56. The number of para-hydroxylation sites is 1. The van der Waals surface area contributed by atoms with Crippen molar-refractivity contribution in [2.75, 3.05) is 18.0 Å². The van der Waals surface area contributed by atoms with Gasteiger partial charge in [-0.1, -0.05) is 42.0 Å². The first-order valence-electron chi connectivity index (χ1n) is 6.95. The van der Waals surface area contributed by atoms with Crippen molar-refractivity contribution in [1.82, 2.24) is 0 Å². The van der Waals surface area contributed by atoms with E-state index in [2.05, 4.69) is 31.2 Å². The number of hydrogen-bond donors (Lipinski definition) is 1. The Hall–Kier alpha value is -1.87. The predicted octanol–water partition coefficient (Wildman–Crippen LogP) is 3.66. The van der Waals surface area contributed by atoms with Crippen molar-refractivity contribution in [1.29, 1.82) is 0 Å². The highest BCUT2D eigenvalue weighted by atomic mass is 19.1. The Balaban J connectivity index is 2.38. The summed E-state index contributed by atoms with van der Waals surface area (Å²) in [5, 5.41) is 0. The predicted molar refractivity (Wildman–Crippen MR) is 82.4 cm³/mol. The Kier molecular flexibility index (Phi) is 4.74. The number of aryl methyl sites for hydroxylation is 1. The lowest BCUT2D eigenvalue weighted by molar-refractivity contribution is 0.588. The van der Waals surface area contributed by atoms with Gasteiger partial charge in [-0.05, 0) is 31.5 Å². The summed E-state index contributed by atoms with van der Waals surface area (Å²) in [6, 6.07) is 15.1. The zero-order valence-electron chi connectivity index (χ0n) is 12.0. The molecule has 2 nitrogen and oxygen atoms in total. The summed E-state index contributed by atoms with van der Waals surface area (Å²) in [6.45, 7) is 5.22. The molecular formula is C17H21FN2. The molecule has 0 saturated heterocycles. The molecule has 1 unspecified atom stereocenters. The second-order valence-corrected chi connectivity index (χ2v) is 4.90. The third-order valence-corrected chi connectivity index (χ3v) is 3.56. The molecule has 0 aliphatic rings. The maximum absolute atomic E-state index is 14.0. The maximum Gasteiger partial charge on any atom is 0.146 e. The summed E-state index contributed by atoms with van der Waals surface area (Å²) in [4.78, 5) is 2.01. The van der Waals surface area contributed by atoms with Gasteiger partial charge in [0.2, 0.25) is 0 Å². The number of anilines is 1. The average molecular weight is 272 g/mol. The number of halogens is 1. The van der Waals surface area contributed by atoms with Crippen LogP contribution in [-0.2, 0) is 0 Å². The van der Waals surface area contributed by atoms with Crippen LogP contribution in [0.2, 0.25) is 0 Å². The first kappa shape index (κ1) is 14.5. The Morgan fingerprint density at radius 2 is 1.75 bits per heavy atom. The van der Waals surface area contributed by atoms with Crippen molar-refractivity contribution >= 4 is 5.69 Å². The monoisotopic (exact) mass is 272 g/mol. The van der Waals surface area contributed by atoms with Gasteiger partial charge in [0.25, 0.3) is 0 Å². The van der Waals surface area contributed by atoms with Crippen molar-refractivity contribution in [3.05, 3.63) is 65.5 Å². The molecule has 0 bridgehead atoms. The van der Waals surface area contributed by atoms with E-state index in [0.29, 0.717) is 18.8 Å². The minimum atomic E-state index is -0.208. The van der Waals surface area contributed by atoms with Gasteiger partial charge in [0.05, 0.1) is 11.7 Å². The van der Waals surface area contributed by atoms with Gasteiger partial charge in [-0.2, -0.15) is 0 Å². The van der Waals surface area contributed by atoms with Crippen molar-refractivity contribution in [3.63, 3.8) is 0 Å². The van der Waals surface area contributed by atoms with E-state index >= 15 is 0 Å². The number of nitrogens with zero attached hydrogens (tertiary/aromatic N) is 1. The standard InChI is InChI=1S/C17H21FN2/c1-3-20(16-7-5-4-6-15(16)18)17(12-19)14-10-8-13(2)9-11-14/h4-11,17H,3,12,19H2,1-2H3. The summed E-state index contributed by atoms with van der Waals surface area (Å²) < 4.78 is 14.0. The fraction of sp³-hybridized carbons (Fsp3) is 0.294. The second kappa shape index (κ2) is 6.53. The molecule has 0 aliphatic heterocycles. The smallest absolute Gasteiger partial charge is 0.146 e.